The van der Waals surface area contributed by atoms with Crippen LogP contribution < -0.4 is 4.74 Å². The Morgan fingerprint density at radius 3 is 2.54 bits per heavy atom. The van der Waals surface area contributed by atoms with E-state index in [1.54, 1.807) is 13.0 Å². The lowest BCUT2D eigenvalue weighted by Gasteiger charge is -2.07. The predicted octanol–water partition coefficient (Wildman–Crippen LogP) is 1.91. The summed E-state index contributed by atoms with van der Waals surface area (Å²) in [5.74, 6) is 0.484. The first kappa shape index (κ1) is 9.58. The minimum Gasteiger partial charge on any atom is -0.508 e. The van der Waals surface area contributed by atoms with Gasteiger partial charge in [-0.2, -0.15) is 0 Å². The molecule has 0 heterocycles. The molecule has 3 heteroatoms. The van der Waals surface area contributed by atoms with Gasteiger partial charge in [-0.25, -0.2) is 0 Å². The number of Topliss-reactive ketones (excluding diaryl/α,β-unsaturated/α-hetero) is 1. The number of benzene rings is 1. The number of aromatic hydroxyl groups is 1. The molecule has 0 bridgehead atoms. The molecular formula is C10H12O3. The number of ketones is 1. The highest BCUT2D eigenvalue weighted by atomic mass is 16.5. The standard InChI is InChI=1S/C10H12O3/c1-6-4-8(7(2)11)10(13-3)5-9(6)12/h4-5,12H,1-3H3. The molecule has 0 fully saturated rings. The maximum absolute atomic E-state index is 11.1. The maximum atomic E-state index is 11.1. The summed E-state index contributed by atoms with van der Waals surface area (Å²) >= 11 is 0. The molecular weight excluding hydrogens is 168 g/mol. The van der Waals surface area contributed by atoms with Crippen LogP contribution in [0.25, 0.3) is 0 Å². The second-order valence-electron chi connectivity index (χ2n) is 2.90. The predicted molar refractivity (Wildman–Crippen MR) is 49.4 cm³/mol. The maximum Gasteiger partial charge on any atom is 0.163 e. The molecule has 1 rings (SSSR count). The van der Waals surface area contributed by atoms with Crippen molar-refractivity contribution in [1.29, 1.82) is 0 Å². The summed E-state index contributed by atoms with van der Waals surface area (Å²) in [6.45, 7) is 3.20. The van der Waals surface area contributed by atoms with Crippen LogP contribution in [0.15, 0.2) is 12.1 Å². The van der Waals surface area contributed by atoms with Crippen molar-refractivity contribution in [1.82, 2.24) is 0 Å². The van der Waals surface area contributed by atoms with Gasteiger partial charge in [-0.15, -0.1) is 0 Å². The number of phenolic OH excluding ortho intramolecular Hbond substituents is 1. The topological polar surface area (TPSA) is 46.5 Å². The first-order valence-electron chi connectivity index (χ1n) is 3.94. The highest BCUT2D eigenvalue weighted by molar-refractivity contribution is 5.97. The number of carbonyl (C=O) groups excluding carboxylic acids is 1. The third-order valence-corrected chi connectivity index (χ3v) is 1.90. The molecule has 0 saturated heterocycles. The molecule has 0 aliphatic heterocycles. The fourth-order valence-corrected chi connectivity index (χ4v) is 1.12. The Kier molecular flexibility index (Phi) is 2.56. The molecule has 1 aromatic rings. The Morgan fingerprint density at radius 1 is 1.46 bits per heavy atom. The molecule has 3 nitrogen and oxygen atoms in total. The number of carbonyl (C=O) groups is 1. The SMILES string of the molecule is COc1cc(O)c(C)cc1C(C)=O. The van der Waals surface area contributed by atoms with Crippen LogP contribution in [0.5, 0.6) is 11.5 Å². The molecule has 13 heavy (non-hydrogen) atoms. The quantitative estimate of drug-likeness (QED) is 0.707. The molecule has 0 aromatic heterocycles. The van der Waals surface area contributed by atoms with E-state index < -0.39 is 0 Å². The van der Waals surface area contributed by atoms with Crippen LogP contribution >= 0.6 is 0 Å². The van der Waals surface area contributed by atoms with Gasteiger partial charge in [0.05, 0.1) is 12.7 Å². The lowest BCUT2D eigenvalue weighted by atomic mass is 10.1. The summed E-state index contributed by atoms with van der Waals surface area (Å²) in [7, 11) is 1.47. The zero-order chi connectivity index (χ0) is 10.0. The van der Waals surface area contributed by atoms with Crippen molar-refractivity contribution in [2.75, 3.05) is 7.11 Å². The molecule has 0 spiro atoms. The molecule has 1 N–H and O–H groups in total. The van der Waals surface area contributed by atoms with Crippen LogP contribution in [0, 0.1) is 6.92 Å². The number of hydrogen-bond acceptors (Lipinski definition) is 3. The van der Waals surface area contributed by atoms with Crippen LogP contribution in [-0.2, 0) is 0 Å². The smallest absolute Gasteiger partial charge is 0.163 e. The minimum atomic E-state index is -0.0695. The van der Waals surface area contributed by atoms with E-state index in [0.717, 1.165) is 0 Å². The Balaban J connectivity index is 3.33. The third-order valence-electron chi connectivity index (χ3n) is 1.90. The first-order chi connectivity index (χ1) is 6.06. The Labute approximate surface area is 77.0 Å². The zero-order valence-electron chi connectivity index (χ0n) is 7.92. The fourth-order valence-electron chi connectivity index (χ4n) is 1.12. The highest BCUT2D eigenvalue weighted by Gasteiger charge is 2.10. The molecule has 0 saturated carbocycles. The van der Waals surface area contributed by atoms with Gasteiger partial charge in [-0.05, 0) is 25.5 Å². The van der Waals surface area contributed by atoms with E-state index in [4.69, 9.17) is 4.74 Å². The van der Waals surface area contributed by atoms with E-state index in [1.165, 1.54) is 20.1 Å². The number of phenols is 1. The summed E-state index contributed by atoms with van der Waals surface area (Å²) in [5.41, 5.74) is 1.17. The lowest BCUT2D eigenvalue weighted by Crippen LogP contribution is -1.98. The Bertz CT molecular complexity index is 342. The number of methoxy groups -OCH3 is 1. The summed E-state index contributed by atoms with van der Waals surface area (Å²) in [6, 6.07) is 3.07. The van der Waals surface area contributed by atoms with Gasteiger partial charge in [-0.3, -0.25) is 4.79 Å². The van der Waals surface area contributed by atoms with E-state index >= 15 is 0 Å². The summed E-state index contributed by atoms with van der Waals surface area (Å²) < 4.78 is 4.96. The van der Waals surface area contributed by atoms with Gasteiger partial charge in [0, 0.05) is 6.07 Å². The minimum absolute atomic E-state index is 0.0695. The van der Waals surface area contributed by atoms with Gasteiger partial charge in [0.25, 0.3) is 0 Å². The summed E-state index contributed by atoms with van der Waals surface area (Å²) in [4.78, 5) is 11.1. The number of hydrogen-bond donors (Lipinski definition) is 1. The monoisotopic (exact) mass is 180 g/mol. The van der Waals surface area contributed by atoms with Crippen molar-refractivity contribution < 1.29 is 14.6 Å². The average Bonchev–Trinajstić information content (AvgIpc) is 2.08. The molecule has 0 amide bonds. The molecule has 70 valence electrons. The third kappa shape index (κ3) is 1.80. The molecule has 0 aliphatic rings. The van der Waals surface area contributed by atoms with Crippen molar-refractivity contribution in [3.8, 4) is 11.5 Å². The van der Waals surface area contributed by atoms with Crippen LogP contribution in [0.2, 0.25) is 0 Å². The Hall–Kier alpha value is -1.51. The number of aryl methyl sites for hydroxylation is 1. The van der Waals surface area contributed by atoms with E-state index in [1.807, 2.05) is 0 Å². The van der Waals surface area contributed by atoms with Gasteiger partial charge in [0.15, 0.2) is 5.78 Å². The van der Waals surface area contributed by atoms with Gasteiger partial charge >= 0.3 is 0 Å². The normalized spacial score (nSPS) is 9.77. The van der Waals surface area contributed by atoms with Crippen molar-refractivity contribution in [2.45, 2.75) is 13.8 Å². The van der Waals surface area contributed by atoms with E-state index in [9.17, 15) is 9.90 Å². The van der Waals surface area contributed by atoms with Crippen LogP contribution in [0.1, 0.15) is 22.8 Å². The Morgan fingerprint density at radius 2 is 2.08 bits per heavy atom. The van der Waals surface area contributed by atoms with Crippen LogP contribution in [0.4, 0.5) is 0 Å². The van der Waals surface area contributed by atoms with Gasteiger partial charge in [0.1, 0.15) is 11.5 Å². The largest absolute Gasteiger partial charge is 0.508 e. The number of rotatable bonds is 2. The van der Waals surface area contributed by atoms with Crippen LogP contribution in [0.3, 0.4) is 0 Å². The molecule has 0 unspecified atom stereocenters. The van der Waals surface area contributed by atoms with Crippen LogP contribution in [-0.4, -0.2) is 18.0 Å². The second-order valence-corrected chi connectivity index (χ2v) is 2.90. The average molecular weight is 180 g/mol. The summed E-state index contributed by atoms with van der Waals surface area (Å²) in [5, 5.41) is 9.35. The van der Waals surface area contributed by atoms with Gasteiger partial charge in [-0.1, -0.05) is 0 Å². The van der Waals surface area contributed by atoms with Crippen molar-refractivity contribution in [2.24, 2.45) is 0 Å². The molecule has 1 aromatic carbocycles. The fraction of sp³-hybridized carbons (Fsp3) is 0.300. The first-order valence-corrected chi connectivity index (χ1v) is 3.94. The van der Waals surface area contributed by atoms with E-state index in [-0.39, 0.29) is 11.5 Å². The van der Waals surface area contributed by atoms with Crippen molar-refractivity contribution in [3.05, 3.63) is 23.3 Å². The molecule has 0 atom stereocenters. The zero-order valence-corrected chi connectivity index (χ0v) is 7.92. The molecule has 0 radical (unpaired) electrons. The molecule has 0 aliphatic carbocycles. The summed E-state index contributed by atoms with van der Waals surface area (Å²) in [6.07, 6.45) is 0. The van der Waals surface area contributed by atoms with Gasteiger partial charge < -0.3 is 9.84 Å². The lowest BCUT2D eigenvalue weighted by molar-refractivity contribution is 0.101. The van der Waals surface area contributed by atoms with E-state index in [0.29, 0.717) is 16.9 Å². The van der Waals surface area contributed by atoms with Crippen molar-refractivity contribution in [3.63, 3.8) is 0 Å². The highest BCUT2D eigenvalue weighted by Crippen LogP contribution is 2.27. The number of ether oxygens (including phenoxy) is 1. The van der Waals surface area contributed by atoms with Crippen molar-refractivity contribution >= 4 is 5.78 Å². The second kappa shape index (κ2) is 3.47. The van der Waals surface area contributed by atoms with E-state index in [2.05, 4.69) is 0 Å². The van der Waals surface area contributed by atoms with Gasteiger partial charge in [0.2, 0.25) is 0 Å².